The van der Waals surface area contributed by atoms with E-state index in [-0.39, 0.29) is 12.0 Å². The first-order valence-corrected chi connectivity index (χ1v) is 8.70. The predicted molar refractivity (Wildman–Crippen MR) is 92.0 cm³/mol. The number of hydrogen-bond donors (Lipinski definition) is 0. The molecule has 2 aliphatic heterocycles. The summed E-state index contributed by atoms with van der Waals surface area (Å²) in [6, 6.07) is 10.2. The molecule has 1 saturated heterocycles. The predicted octanol–water partition coefficient (Wildman–Crippen LogP) is 3.98. The third kappa shape index (κ3) is 3.32. The summed E-state index contributed by atoms with van der Waals surface area (Å²) in [4.78, 5) is 13.9. The summed E-state index contributed by atoms with van der Waals surface area (Å²) in [6.07, 6.45) is 5.32. The summed E-state index contributed by atoms with van der Waals surface area (Å²) in [5.41, 5.74) is 0.624. The molecule has 1 aromatic carbocycles. The van der Waals surface area contributed by atoms with E-state index in [9.17, 15) is 4.79 Å². The summed E-state index contributed by atoms with van der Waals surface area (Å²) in [6.45, 7) is 3.96. The van der Waals surface area contributed by atoms with Gasteiger partial charge in [0, 0.05) is 13.1 Å². The maximum atomic E-state index is 12.1. The Balaban J connectivity index is 1.64. The zero-order valence-electron chi connectivity index (χ0n) is 14.1. The van der Waals surface area contributed by atoms with Crippen LogP contribution in [0.4, 0.5) is 4.79 Å². The Morgan fingerprint density at radius 3 is 2.67 bits per heavy atom. The average molecular weight is 328 g/mol. The standard InChI is InChI=1S/C18H24N4O2/c1-2-3-13-24-17(23)22-11-9-16(10-12-22)18(14-19-21-20-18)15-7-5-4-6-8-15/h4-8,14,16H,2-3,9-13H2,1H3. The molecule has 0 N–H and O–H groups in total. The molecule has 0 bridgehead atoms. The summed E-state index contributed by atoms with van der Waals surface area (Å²) < 4.78 is 5.31. The van der Waals surface area contributed by atoms with E-state index in [2.05, 4.69) is 34.5 Å². The van der Waals surface area contributed by atoms with E-state index in [1.165, 1.54) is 0 Å². The molecule has 1 atom stereocenters. The van der Waals surface area contributed by atoms with Crippen molar-refractivity contribution in [3.63, 3.8) is 0 Å². The average Bonchev–Trinajstić information content (AvgIpc) is 3.14. The molecule has 3 rings (SSSR count). The minimum Gasteiger partial charge on any atom is -0.449 e. The van der Waals surface area contributed by atoms with Crippen molar-refractivity contribution in [1.29, 1.82) is 0 Å². The maximum Gasteiger partial charge on any atom is 0.409 e. The number of rotatable bonds is 5. The number of carbonyl (C=O) groups is 1. The molecule has 6 nitrogen and oxygen atoms in total. The van der Waals surface area contributed by atoms with Crippen LogP contribution in [0.3, 0.4) is 0 Å². The molecule has 1 amide bonds. The molecule has 6 heteroatoms. The van der Waals surface area contributed by atoms with Crippen LogP contribution in [-0.4, -0.2) is 36.9 Å². The molecule has 0 spiro atoms. The van der Waals surface area contributed by atoms with Gasteiger partial charge < -0.3 is 9.64 Å². The van der Waals surface area contributed by atoms with Crippen molar-refractivity contribution in [2.45, 2.75) is 38.1 Å². The van der Waals surface area contributed by atoms with Crippen LogP contribution < -0.4 is 0 Å². The van der Waals surface area contributed by atoms with Crippen molar-refractivity contribution in [2.24, 2.45) is 21.4 Å². The number of likely N-dealkylation sites (tertiary alicyclic amines) is 1. The van der Waals surface area contributed by atoms with E-state index in [1.54, 1.807) is 4.90 Å². The molecule has 1 unspecified atom stereocenters. The van der Waals surface area contributed by atoms with Gasteiger partial charge in [0.1, 0.15) is 5.54 Å². The molecular weight excluding hydrogens is 304 g/mol. The topological polar surface area (TPSA) is 66.6 Å². The number of carbonyl (C=O) groups excluding carboxylic acids is 1. The third-order valence-electron chi connectivity index (χ3n) is 4.85. The zero-order valence-corrected chi connectivity index (χ0v) is 14.1. The van der Waals surface area contributed by atoms with Gasteiger partial charge in [-0.25, -0.2) is 4.79 Å². The highest BCUT2D eigenvalue weighted by molar-refractivity contribution is 5.75. The number of nitrogens with zero attached hydrogens (tertiary/aromatic N) is 4. The first-order valence-electron chi connectivity index (χ1n) is 8.70. The lowest BCUT2D eigenvalue weighted by atomic mass is 9.75. The fourth-order valence-electron chi connectivity index (χ4n) is 3.40. The molecule has 1 aromatic rings. The van der Waals surface area contributed by atoms with Crippen LogP contribution in [0.1, 0.15) is 38.2 Å². The lowest BCUT2D eigenvalue weighted by Gasteiger charge is -2.38. The fraction of sp³-hybridized carbons (Fsp3) is 0.556. The number of unbranched alkanes of at least 4 members (excludes halogenated alkanes) is 1. The monoisotopic (exact) mass is 328 g/mol. The Bertz CT molecular complexity index is 595. The van der Waals surface area contributed by atoms with Gasteiger partial charge in [0.25, 0.3) is 0 Å². The second-order valence-electron chi connectivity index (χ2n) is 6.35. The molecule has 1 fully saturated rings. The highest BCUT2D eigenvalue weighted by atomic mass is 16.6. The molecule has 0 radical (unpaired) electrons. The summed E-state index contributed by atoms with van der Waals surface area (Å²) in [5.74, 6) is 0.287. The van der Waals surface area contributed by atoms with Crippen molar-refractivity contribution < 1.29 is 9.53 Å². The quantitative estimate of drug-likeness (QED) is 0.767. The van der Waals surface area contributed by atoms with Gasteiger partial charge in [-0.3, -0.25) is 0 Å². The maximum absolute atomic E-state index is 12.1. The SMILES string of the molecule is CCCCOC(=O)N1CCC(C2(c3ccccc3)C=NN=N2)CC1. The van der Waals surface area contributed by atoms with Crippen LogP contribution in [0, 0.1) is 5.92 Å². The van der Waals surface area contributed by atoms with Crippen molar-refractivity contribution in [2.75, 3.05) is 19.7 Å². The minimum absolute atomic E-state index is 0.197. The molecule has 0 saturated carbocycles. The normalized spacial score (nSPS) is 23.6. The van der Waals surface area contributed by atoms with E-state index in [4.69, 9.17) is 4.74 Å². The molecular formula is C18H24N4O2. The molecule has 0 aromatic heterocycles. The number of hydrogen-bond acceptors (Lipinski definition) is 5. The number of amides is 1. The van der Waals surface area contributed by atoms with E-state index in [1.807, 2.05) is 24.4 Å². The summed E-state index contributed by atoms with van der Waals surface area (Å²) in [7, 11) is 0. The van der Waals surface area contributed by atoms with Gasteiger partial charge in [-0.1, -0.05) is 43.7 Å². The van der Waals surface area contributed by atoms with Crippen molar-refractivity contribution >= 4 is 12.3 Å². The molecule has 128 valence electrons. The summed E-state index contributed by atoms with van der Waals surface area (Å²) in [5, 5.41) is 12.4. The van der Waals surface area contributed by atoms with Crippen molar-refractivity contribution in [1.82, 2.24) is 4.90 Å². The Hall–Kier alpha value is -2.24. The number of benzene rings is 1. The fourth-order valence-corrected chi connectivity index (χ4v) is 3.40. The van der Waals surface area contributed by atoms with Crippen LogP contribution in [-0.2, 0) is 10.3 Å². The lowest BCUT2D eigenvalue weighted by Crippen LogP contribution is -2.45. The molecule has 2 aliphatic rings. The van der Waals surface area contributed by atoms with Crippen molar-refractivity contribution in [3.8, 4) is 0 Å². The Morgan fingerprint density at radius 2 is 2.04 bits per heavy atom. The Kier molecular flexibility index (Phi) is 5.23. The van der Waals surface area contributed by atoms with Gasteiger partial charge in [-0.05, 0) is 36.0 Å². The highest BCUT2D eigenvalue weighted by Crippen LogP contribution is 2.41. The number of ether oxygens (including phenoxy) is 1. The van der Waals surface area contributed by atoms with Gasteiger partial charge in [0.05, 0.1) is 12.8 Å². The van der Waals surface area contributed by atoms with Gasteiger partial charge >= 0.3 is 6.09 Å². The van der Waals surface area contributed by atoms with Crippen LogP contribution >= 0.6 is 0 Å². The minimum atomic E-state index is -0.487. The third-order valence-corrected chi connectivity index (χ3v) is 4.85. The first-order chi connectivity index (χ1) is 11.8. The van der Waals surface area contributed by atoms with Crippen LogP contribution in [0.15, 0.2) is 45.8 Å². The Labute approximate surface area is 142 Å². The van der Waals surface area contributed by atoms with Crippen LogP contribution in [0.2, 0.25) is 0 Å². The smallest absolute Gasteiger partial charge is 0.409 e. The van der Waals surface area contributed by atoms with Crippen LogP contribution in [0.5, 0.6) is 0 Å². The zero-order chi connectivity index (χ0) is 16.8. The molecule has 24 heavy (non-hydrogen) atoms. The summed E-state index contributed by atoms with van der Waals surface area (Å²) >= 11 is 0. The van der Waals surface area contributed by atoms with E-state index in [0.717, 1.165) is 31.2 Å². The van der Waals surface area contributed by atoms with Gasteiger partial charge in [0.2, 0.25) is 0 Å². The first kappa shape index (κ1) is 16.6. The lowest BCUT2D eigenvalue weighted by molar-refractivity contribution is 0.0812. The van der Waals surface area contributed by atoms with Crippen molar-refractivity contribution in [3.05, 3.63) is 35.9 Å². The Morgan fingerprint density at radius 1 is 1.29 bits per heavy atom. The van der Waals surface area contributed by atoms with E-state index >= 15 is 0 Å². The number of piperidine rings is 1. The second-order valence-corrected chi connectivity index (χ2v) is 6.35. The van der Waals surface area contributed by atoms with E-state index in [0.29, 0.717) is 19.7 Å². The van der Waals surface area contributed by atoms with Crippen LogP contribution in [0.25, 0.3) is 0 Å². The van der Waals surface area contributed by atoms with Gasteiger partial charge in [-0.2, -0.15) is 5.11 Å². The molecule has 2 heterocycles. The molecule has 0 aliphatic carbocycles. The van der Waals surface area contributed by atoms with Gasteiger partial charge in [-0.15, -0.1) is 5.10 Å². The largest absolute Gasteiger partial charge is 0.449 e. The highest BCUT2D eigenvalue weighted by Gasteiger charge is 2.43. The second kappa shape index (κ2) is 7.55. The van der Waals surface area contributed by atoms with E-state index < -0.39 is 5.54 Å². The van der Waals surface area contributed by atoms with Gasteiger partial charge in [0.15, 0.2) is 0 Å².